The Morgan fingerprint density at radius 1 is 1.32 bits per heavy atom. The Hall–Kier alpha value is -2.90. The van der Waals surface area contributed by atoms with Crippen molar-refractivity contribution in [2.75, 3.05) is 0 Å². The van der Waals surface area contributed by atoms with Gasteiger partial charge in [0.2, 0.25) is 0 Å². The van der Waals surface area contributed by atoms with E-state index in [0.717, 1.165) is 6.20 Å². The van der Waals surface area contributed by atoms with E-state index in [0.29, 0.717) is 9.46 Å². The van der Waals surface area contributed by atoms with E-state index in [1.807, 2.05) is 0 Å². The Morgan fingerprint density at radius 3 is 2.58 bits per heavy atom. The topological polar surface area (TPSA) is 116 Å². The molecule has 2 N–H and O–H groups in total. The van der Waals surface area contributed by atoms with Gasteiger partial charge >= 0.3 is 11.8 Å². The van der Waals surface area contributed by atoms with Crippen LogP contribution in [-0.2, 0) is 0 Å². The maximum Gasteiger partial charge on any atom is 0.425 e. The second-order valence-corrected chi connectivity index (χ2v) is 3.74. The number of hydrazone groups is 1. The summed E-state index contributed by atoms with van der Waals surface area (Å²) in [6, 6.07) is 6.28. The molecule has 8 heteroatoms. The summed E-state index contributed by atoms with van der Waals surface area (Å²) in [4.78, 5) is 10.3. The molecule has 98 valence electrons. The molecule has 0 atom stereocenters. The van der Waals surface area contributed by atoms with Gasteiger partial charge in [0.1, 0.15) is 5.71 Å². The second kappa shape index (κ2) is 4.77. The number of carboxylic acid groups (broad SMARTS) is 1. The molecule has 0 aliphatic carbocycles. The molecule has 0 spiro atoms. The molecule has 1 aromatic carbocycles. The molecule has 0 aliphatic rings. The fourth-order valence-electron chi connectivity index (χ4n) is 1.61. The minimum absolute atomic E-state index is 0.0255. The van der Waals surface area contributed by atoms with Crippen molar-refractivity contribution in [3.8, 4) is 0 Å². The molecular weight excluding hydrogens is 252 g/mol. The van der Waals surface area contributed by atoms with Crippen molar-refractivity contribution in [3.05, 3.63) is 46.6 Å². The fourth-order valence-corrected chi connectivity index (χ4v) is 1.61. The zero-order valence-corrected chi connectivity index (χ0v) is 9.90. The molecule has 0 saturated heterocycles. The van der Waals surface area contributed by atoms with E-state index in [1.165, 1.54) is 19.1 Å². The minimum Gasteiger partial charge on any atom is -0.618 e. The summed E-state index contributed by atoms with van der Waals surface area (Å²) >= 11 is 0. The molecule has 0 aliphatic heterocycles. The van der Waals surface area contributed by atoms with Crippen molar-refractivity contribution in [1.29, 1.82) is 0 Å². The number of rotatable bonds is 2. The number of nitrogens with one attached hydrogen (secondary N) is 1. The Balaban J connectivity index is 2.59. The lowest BCUT2D eigenvalue weighted by Crippen LogP contribution is -2.43. The lowest BCUT2D eigenvalue weighted by molar-refractivity contribution is -0.629. The van der Waals surface area contributed by atoms with Crippen molar-refractivity contribution in [1.82, 2.24) is 5.43 Å². The minimum atomic E-state index is -1.35. The van der Waals surface area contributed by atoms with Gasteiger partial charge in [-0.25, -0.2) is 10.2 Å². The summed E-state index contributed by atoms with van der Waals surface area (Å²) in [5.41, 5.74) is 2.25. The third-order valence-corrected chi connectivity index (χ3v) is 2.49. The fraction of sp³-hybridized carbons (Fsp3) is 0.0909. The smallest absolute Gasteiger partial charge is 0.425 e. The summed E-state index contributed by atoms with van der Waals surface area (Å²) in [5.74, 6) is 0. The van der Waals surface area contributed by atoms with Crippen LogP contribution in [0.1, 0.15) is 12.6 Å². The predicted octanol–water partition coefficient (Wildman–Crippen LogP) is 0.0982. The molecule has 0 fully saturated rings. The van der Waals surface area contributed by atoms with Gasteiger partial charge < -0.3 is 15.5 Å². The third kappa shape index (κ3) is 2.37. The van der Waals surface area contributed by atoms with E-state index in [1.54, 1.807) is 17.6 Å². The van der Waals surface area contributed by atoms with Gasteiger partial charge in [-0.05, 0) is 6.92 Å². The average Bonchev–Trinajstić information content (AvgIpc) is 2.40. The normalized spacial score (nSPS) is 11.5. The van der Waals surface area contributed by atoms with Crippen LogP contribution >= 0.6 is 0 Å². The molecule has 1 amide bonds. The first-order valence-corrected chi connectivity index (χ1v) is 5.29. The number of amides is 1. The number of aromatic nitrogens is 2. The first-order valence-electron chi connectivity index (χ1n) is 5.29. The summed E-state index contributed by atoms with van der Waals surface area (Å²) in [6.07, 6.45) is -0.301. The standard InChI is InChI=1S/C11H10N4O4/c1-7(12-13-11(16)17)10-6-14(18)8-4-2-3-5-9(8)15(10)19/h2-6,13H,1H3,(H,16,17). The second-order valence-electron chi connectivity index (χ2n) is 3.74. The summed E-state index contributed by atoms with van der Waals surface area (Å²) in [7, 11) is 0. The summed E-state index contributed by atoms with van der Waals surface area (Å²) < 4.78 is 1.07. The molecule has 0 radical (unpaired) electrons. The Morgan fingerprint density at radius 2 is 1.95 bits per heavy atom. The molecule has 0 saturated carbocycles. The molecule has 0 bridgehead atoms. The van der Waals surface area contributed by atoms with Crippen molar-refractivity contribution in [2.24, 2.45) is 5.10 Å². The average molecular weight is 262 g/mol. The zero-order valence-electron chi connectivity index (χ0n) is 9.90. The zero-order chi connectivity index (χ0) is 14.0. The third-order valence-electron chi connectivity index (χ3n) is 2.49. The van der Waals surface area contributed by atoms with Gasteiger partial charge in [-0.15, -0.1) is 0 Å². The van der Waals surface area contributed by atoms with Crippen LogP contribution in [0.5, 0.6) is 0 Å². The largest absolute Gasteiger partial charge is 0.618 e. The Labute approximate surface area is 107 Å². The van der Waals surface area contributed by atoms with Crippen molar-refractivity contribution in [3.63, 3.8) is 0 Å². The summed E-state index contributed by atoms with van der Waals surface area (Å²) in [6.45, 7) is 1.43. The molecule has 2 rings (SSSR count). The maximum absolute atomic E-state index is 12.1. The van der Waals surface area contributed by atoms with Crippen LogP contribution in [-0.4, -0.2) is 16.9 Å². The van der Waals surface area contributed by atoms with Gasteiger partial charge in [0.25, 0.3) is 17.2 Å². The van der Waals surface area contributed by atoms with E-state index in [2.05, 4.69) is 5.10 Å². The van der Waals surface area contributed by atoms with Crippen LogP contribution in [0.15, 0.2) is 35.6 Å². The molecule has 2 aromatic rings. The maximum atomic E-state index is 12.1. The van der Waals surface area contributed by atoms with Crippen molar-refractivity contribution >= 4 is 22.8 Å². The van der Waals surface area contributed by atoms with Crippen LogP contribution in [0, 0.1) is 10.4 Å². The molecule has 1 heterocycles. The highest BCUT2D eigenvalue weighted by Crippen LogP contribution is 2.05. The van der Waals surface area contributed by atoms with E-state index >= 15 is 0 Å². The van der Waals surface area contributed by atoms with E-state index < -0.39 is 6.09 Å². The van der Waals surface area contributed by atoms with Gasteiger partial charge in [-0.1, -0.05) is 12.1 Å². The van der Waals surface area contributed by atoms with Crippen molar-refractivity contribution in [2.45, 2.75) is 6.92 Å². The molecule has 8 nitrogen and oxygen atoms in total. The van der Waals surface area contributed by atoms with Gasteiger partial charge in [0, 0.05) is 12.1 Å². The lowest BCUT2D eigenvalue weighted by atomic mass is 10.2. The van der Waals surface area contributed by atoms with Gasteiger partial charge in [0.05, 0.1) is 0 Å². The lowest BCUT2D eigenvalue weighted by Gasteiger charge is -2.07. The quantitative estimate of drug-likeness (QED) is 0.345. The first kappa shape index (κ1) is 12.6. The molecule has 0 unspecified atom stereocenters. The SMILES string of the molecule is CC(=NNC(=O)O)c1c[n+]([O-])c2ccccc2[n+]1[O-]. The van der Waals surface area contributed by atoms with E-state index in [-0.39, 0.29) is 22.4 Å². The Kier molecular flexibility index (Phi) is 3.15. The number of hydrogen-bond donors (Lipinski definition) is 2. The highest BCUT2D eigenvalue weighted by molar-refractivity contribution is 5.96. The first-order chi connectivity index (χ1) is 9.00. The number of carbonyl (C=O) groups is 1. The number of fused-ring (bicyclic) bond motifs is 1. The van der Waals surface area contributed by atoms with Crippen LogP contribution < -0.4 is 14.9 Å². The monoisotopic (exact) mass is 262 g/mol. The number of hydrogen-bond acceptors (Lipinski definition) is 4. The van der Waals surface area contributed by atoms with Crippen LogP contribution in [0.2, 0.25) is 0 Å². The van der Waals surface area contributed by atoms with Crippen LogP contribution in [0.25, 0.3) is 11.0 Å². The van der Waals surface area contributed by atoms with Crippen molar-refractivity contribution < 1.29 is 19.4 Å². The number of nitrogens with zero attached hydrogens (tertiary/aromatic N) is 3. The molecular formula is C11H10N4O4. The van der Waals surface area contributed by atoms with Gasteiger partial charge in [-0.3, -0.25) is 0 Å². The Bertz CT molecular complexity index is 684. The van der Waals surface area contributed by atoms with E-state index in [9.17, 15) is 15.2 Å². The number of benzene rings is 1. The highest BCUT2D eigenvalue weighted by atomic mass is 16.5. The van der Waals surface area contributed by atoms with E-state index in [4.69, 9.17) is 5.11 Å². The van der Waals surface area contributed by atoms with Crippen LogP contribution in [0.3, 0.4) is 0 Å². The van der Waals surface area contributed by atoms with Gasteiger partial charge in [0.15, 0.2) is 0 Å². The molecule has 1 aromatic heterocycles. The highest BCUT2D eigenvalue weighted by Gasteiger charge is 2.21. The van der Waals surface area contributed by atoms with Gasteiger partial charge in [-0.2, -0.15) is 14.6 Å². The predicted molar refractivity (Wildman–Crippen MR) is 65.2 cm³/mol. The summed E-state index contributed by atoms with van der Waals surface area (Å²) in [5, 5.41) is 35.8. The van der Waals surface area contributed by atoms with Crippen LogP contribution in [0.4, 0.5) is 4.79 Å². The number of para-hydroxylation sites is 2. The molecule has 19 heavy (non-hydrogen) atoms.